The Labute approximate surface area is 168 Å². The molecule has 1 amide bonds. The van der Waals surface area contributed by atoms with Crippen molar-refractivity contribution in [1.29, 1.82) is 0 Å². The van der Waals surface area contributed by atoms with Crippen LogP contribution in [0.5, 0.6) is 0 Å². The van der Waals surface area contributed by atoms with Crippen LogP contribution in [-0.4, -0.2) is 22.0 Å². The number of hydrogen-bond acceptors (Lipinski definition) is 4. The third-order valence-electron chi connectivity index (χ3n) is 6.06. The van der Waals surface area contributed by atoms with Crippen LogP contribution >= 0.6 is 11.3 Å². The summed E-state index contributed by atoms with van der Waals surface area (Å²) in [5, 5.41) is 3.78. The van der Waals surface area contributed by atoms with Gasteiger partial charge in [0.15, 0.2) is 0 Å². The number of thiophene rings is 1. The molecular formula is C22H25N3O2S. The summed E-state index contributed by atoms with van der Waals surface area (Å²) in [6.07, 6.45) is 5.25. The molecule has 5 nitrogen and oxygen atoms in total. The van der Waals surface area contributed by atoms with Crippen LogP contribution in [0.1, 0.15) is 41.7 Å². The number of amides is 1. The number of aryl methyl sites for hydroxylation is 3. The molecule has 1 fully saturated rings. The summed E-state index contributed by atoms with van der Waals surface area (Å²) in [5.74, 6) is -0.0209. The fourth-order valence-electron chi connectivity index (χ4n) is 3.97. The quantitative estimate of drug-likeness (QED) is 0.692. The minimum atomic E-state index is -0.0561. The number of benzene rings is 1. The Balaban J connectivity index is 1.40. The molecular weight excluding hydrogens is 370 g/mol. The molecule has 4 rings (SSSR count). The first-order valence-corrected chi connectivity index (χ1v) is 10.6. The molecule has 1 saturated carbocycles. The minimum absolute atomic E-state index is 0.0209. The normalized spacial score (nSPS) is 15.4. The topological polar surface area (TPSA) is 64.0 Å². The fourth-order valence-corrected chi connectivity index (χ4v) is 4.96. The van der Waals surface area contributed by atoms with Crippen molar-refractivity contribution >= 4 is 27.5 Å². The zero-order chi connectivity index (χ0) is 19.7. The number of aromatic nitrogens is 2. The lowest BCUT2D eigenvalue weighted by Crippen LogP contribution is -2.45. The molecule has 0 bridgehead atoms. The highest BCUT2D eigenvalue weighted by atomic mass is 32.1. The molecule has 0 spiro atoms. The number of carbonyl (C=O) groups excluding carboxylic acids is 1. The van der Waals surface area contributed by atoms with Crippen LogP contribution < -0.4 is 10.9 Å². The van der Waals surface area contributed by atoms with Crippen LogP contribution in [0, 0.1) is 13.8 Å². The van der Waals surface area contributed by atoms with E-state index in [1.807, 2.05) is 19.9 Å². The minimum Gasteiger partial charge on any atom is -0.355 e. The molecule has 0 aliphatic heterocycles. The molecule has 1 aromatic carbocycles. The highest BCUT2D eigenvalue weighted by Gasteiger charge is 2.38. The number of carbonyl (C=O) groups is 1. The molecule has 0 radical (unpaired) electrons. The van der Waals surface area contributed by atoms with Gasteiger partial charge in [-0.1, -0.05) is 36.8 Å². The predicted octanol–water partition coefficient (Wildman–Crippen LogP) is 3.70. The maximum Gasteiger partial charge on any atom is 0.262 e. The van der Waals surface area contributed by atoms with E-state index < -0.39 is 0 Å². The summed E-state index contributed by atoms with van der Waals surface area (Å²) < 4.78 is 1.55. The number of fused-ring (bicyclic) bond motifs is 1. The van der Waals surface area contributed by atoms with Crippen LogP contribution in [0.25, 0.3) is 10.2 Å². The van der Waals surface area contributed by atoms with Gasteiger partial charge in [0.25, 0.3) is 5.56 Å². The van der Waals surface area contributed by atoms with Crippen LogP contribution in [0.2, 0.25) is 0 Å². The van der Waals surface area contributed by atoms with Crippen molar-refractivity contribution in [2.45, 2.75) is 51.5 Å². The van der Waals surface area contributed by atoms with Gasteiger partial charge < -0.3 is 5.32 Å². The van der Waals surface area contributed by atoms with Gasteiger partial charge in [-0.25, -0.2) is 4.98 Å². The van der Waals surface area contributed by atoms with Gasteiger partial charge in [-0.2, -0.15) is 0 Å². The van der Waals surface area contributed by atoms with E-state index in [9.17, 15) is 9.59 Å². The maximum absolute atomic E-state index is 12.7. The Morgan fingerprint density at radius 1 is 1.25 bits per heavy atom. The van der Waals surface area contributed by atoms with Gasteiger partial charge in [-0.05, 0) is 37.8 Å². The van der Waals surface area contributed by atoms with E-state index in [1.165, 1.54) is 23.3 Å². The highest BCUT2D eigenvalue weighted by molar-refractivity contribution is 7.18. The van der Waals surface area contributed by atoms with Crippen LogP contribution in [0.3, 0.4) is 0 Å². The molecule has 2 aromatic heterocycles. The van der Waals surface area contributed by atoms with Gasteiger partial charge in [0.05, 0.1) is 11.7 Å². The molecule has 2 heterocycles. The Morgan fingerprint density at radius 2 is 2.00 bits per heavy atom. The van der Waals surface area contributed by atoms with Gasteiger partial charge >= 0.3 is 0 Å². The summed E-state index contributed by atoms with van der Waals surface area (Å²) >= 11 is 1.54. The van der Waals surface area contributed by atoms with Crippen molar-refractivity contribution in [2.24, 2.45) is 0 Å². The lowest BCUT2D eigenvalue weighted by molar-refractivity contribution is -0.121. The highest BCUT2D eigenvalue weighted by Crippen LogP contribution is 2.43. The Hall–Kier alpha value is -2.47. The van der Waals surface area contributed by atoms with Gasteiger partial charge in [0.2, 0.25) is 5.91 Å². The third-order valence-corrected chi connectivity index (χ3v) is 7.17. The summed E-state index contributed by atoms with van der Waals surface area (Å²) in [5.41, 5.74) is 2.31. The van der Waals surface area contributed by atoms with Gasteiger partial charge in [0, 0.05) is 29.8 Å². The number of hydrogen-bond donors (Lipinski definition) is 1. The summed E-state index contributed by atoms with van der Waals surface area (Å²) in [6, 6.07) is 10.4. The van der Waals surface area contributed by atoms with Gasteiger partial charge in [-0.15, -0.1) is 11.3 Å². The van der Waals surface area contributed by atoms with Gasteiger partial charge in [-0.3, -0.25) is 14.2 Å². The second-order valence-corrected chi connectivity index (χ2v) is 8.94. The average molecular weight is 396 g/mol. The SMILES string of the molecule is Cc1sc2ncn(CCC(=O)NCC3(c4ccccc4)CCC3)c(=O)c2c1C. The second kappa shape index (κ2) is 7.51. The maximum atomic E-state index is 12.7. The molecule has 6 heteroatoms. The first-order chi connectivity index (χ1) is 13.5. The lowest BCUT2D eigenvalue weighted by atomic mass is 9.64. The van der Waals surface area contributed by atoms with Gasteiger partial charge in [0.1, 0.15) is 4.83 Å². The van der Waals surface area contributed by atoms with Crippen molar-refractivity contribution in [3.8, 4) is 0 Å². The van der Waals surface area contributed by atoms with Crippen molar-refractivity contribution in [2.75, 3.05) is 6.54 Å². The summed E-state index contributed by atoms with van der Waals surface area (Å²) in [4.78, 5) is 31.5. The molecule has 0 unspecified atom stereocenters. The molecule has 0 saturated heterocycles. The first-order valence-electron chi connectivity index (χ1n) is 9.77. The summed E-state index contributed by atoms with van der Waals surface area (Å²) in [6.45, 7) is 4.96. The van der Waals surface area contributed by atoms with Crippen molar-refractivity contribution in [3.05, 3.63) is 63.0 Å². The van der Waals surface area contributed by atoms with Crippen LogP contribution in [0.15, 0.2) is 41.5 Å². The Morgan fingerprint density at radius 3 is 2.68 bits per heavy atom. The Bertz CT molecular complexity index is 1060. The van der Waals surface area contributed by atoms with E-state index >= 15 is 0 Å². The molecule has 28 heavy (non-hydrogen) atoms. The van der Waals surface area contributed by atoms with Crippen molar-refractivity contribution in [3.63, 3.8) is 0 Å². The molecule has 1 aliphatic carbocycles. The largest absolute Gasteiger partial charge is 0.355 e. The van der Waals surface area contributed by atoms with Crippen LogP contribution in [0.4, 0.5) is 0 Å². The van der Waals surface area contributed by atoms with Crippen molar-refractivity contribution in [1.82, 2.24) is 14.9 Å². The molecule has 1 N–H and O–H groups in total. The zero-order valence-electron chi connectivity index (χ0n) is 16.3. The standard InChI is InChI=1S/C22H25N3O2S/c1-15-16(2)28-20-19(15)21(27)25(14-24-20)12-9-18(26)23-13-22(10-6-11-22)17-7-4-3-5-8-17/h3-5,7-8,14H,6,9-13H2,1-2H3,(H,23,26). The number of nitrogens with one attached hydrogen (secondary N) is 1. The molecule has 0 atom stereocenters. The summed E-state index contributed by atoms with van der Waals surface area (Å²) in [7, 11) is 0. The lowest BCUT2D eigenvalue weighted by Gasteiger charge is -2.42. The van der Waals surface area contributed by atoms with Crippen LogP contribution in [-0.2, 0) is 16.8 Å². The molecule has 146 valence electrons. The molecule has 1 aliphatic rings. The first kappa shape index (κ1) is 18.9. The number of nitrogens with zero attached hydrogens (tertiary/aromatic N) is 2. The third kappa shape index (κ3) is 3.37. The van der Waals surface area contributed by atoms with E-state index in [2.05, 4.69) is 34.6 Å². The van der Waals surface area contributed by atoms with E-state index in [1.54, 1.807) is 10.9 Å². The molecule has 3 aromatic rings. The van der Waals surface area contributed by atoms with Crippen molar-refractivity contribution < 1.29 is 4.79 Å². The monoisotopic (exact) mass is 395 g/mol. The second-order valence-electron chi connectivity index (χ2n) is 7.73. The predicted molar refractivity (Wildman–Crippen MR) is 113 cm³/mol. The average Bonchev–Trinajstić information content (AvgIpc) is 2.96. The number of rotatable bonds is 6. The fraction of sp³-hybridized carbons (Fsp3) is 0.409. The van der Waals surface area contributed by atoms with E-state index in [4.69, 9.17) is 0 Å². The smallest absolute Gasteiger partial charge is 0.262 e. The zero-order valence-corrected chi connectivity index (χ0v) is 17.1. The van der Waals surface area contributed by atoms with E-state index in [0.717, 1.165) is 28.1 Å². The van der Waals surface area contributed by atoms with E-state index in [0.29, 0.717) is 18.5 Å². The van der Waals surface area contributed by atoms with E-state index in [-0.39, 0.29) is 23.3 Å². The Kier molecular flexibility index (Phi) is 5.06.